The molecule has 2 amide bonds. The van der Waals surface area contributed by atoms with Crippen LogP contribution in [0.3, 0.4) is 0 Å². The fraction of sp³-hybridized carbons (Fsp3) is 0.800. The maximum absolute atomic E-state index is 11.9. The first-order valence-electron chi connectivity index (χ1n) is 5.48. The number of carboxylic acid groups (broad SMARTS) is 1. The summed E-state index contributed by atoms with van der Waals surface area (Å²) in [6.45, 7) is 1.71. The van der Waals surface area contributed by atoms with Gasteiger partial charge in [0.2, 0.25) is 0 Å². The average Bonchev–Trinajstić information content (AvgIpc) is 2.24. The van der Waals surface area contributed by atoms with E-state index in [0.717, 1.165) is 11.2 Å². The highest BCUT2D eigenvalue weighted by atomic mass is 32.2. The van der Waals surface area contributed by atoms with Gasteiger partial charge >= 0.3 is 12.0 Å². The van der Waals surface area contributed by atoms with Crippen molar-refractivity contribution in [3.63, 3.8) is 0 Å². The van der Waals surface area contributed by atoms with Gasteiger partial charge in [-0.2, -0.15) is 0 Å². The molecule has 0 aliphatic heterocycles. The molecule has 0 radical (unpaired) electrons. The van der Waals surface area contributed by atoms with Crippen molar-refractivity contribution in [3.8, 4) is 0 Å². The minimum atomic E-state index is -3.15. The molecule has 0 heterocycles. The van der Waals surface area contributed by atoms with E-state index >= 15 is 0 Å². The molecule has 0 rings (SSSR count). The monoisotopic (exact) mass is 280 g/mol. The Morgan fingerprint density at radius 3 is 2.11 bits per heavy atom. The standard InChI is InChI=1S/C10H20N2O5S/c1-5-8(9(13)14)12(3)10(15)11(2)6-7-18(4,16)17/h8H,5-7H2,1-4H3,(H,13,14). The lowest BCUT2D eigenvalue weighted by atomic mass is 10.2. The minimum absolute atomic E-state index is 0.0397. The molecule has 1 N–H and O–H groups in total. The third-order valence-corrected chi connectivity index (χ3v) is 3.49. The summed E-state index contributed by atoms with van der Waals surface area (Å²) >= 11 is 0. The fourth-order valence-electron chi connectivity index (χ4n) is 1.42. The van der Waals surface area contributed by atoms with E-state index in [4.69, 9.17) is 5.11 Å². The van der Waals surface area contributed by atoms with E-state index in [2.05, 4.69) is 0 Å². The van der Waals surface area contributed by atoms with E-state index in [1.165, 1.54) is 19.0 Å². The predicted molar refractivity (Wildman–Crippen MR) is 67.2 cm³/mol. The third kappa shape index (κ3) is 5.35. The van der Waals surface area contributed by atoms with Gasteiger partial charge in [-0.3, -0.25) is 0 Å². The second-order valence-corrected chi connectivity index (χ2v) is 6.47. The molecule has 0 aliphatic carbocycles. The Bertz CT molecular complexity index is 406. The van der Waals surface area contributed by atoms with Crippen molar-refractivity contribution in [1.82, 2.24) is 9.80 Å². The summed E-state index contributed by atoms with van der Waals surface area (Å²) in [5.41, 5.74) is 0. The van der Waals surface area contributed by atoms with Crippen LogP contribution in [0, 0.1) is 0 Å². The number of sulfone groups is 1. The molecule has 0 aliphatic rings. The van der Waals surface area contributed by atoms with Gasteiger partial charge in [-0.15, -0.1) is 0 Å². The first-order valence-corrected chi connectivity index (χ1v) is 7.54. The molecule has 0 spiro atoms. The van der Waals surface area contributed by atoms with Crippen LogP contribution in [0.25, 0.3) is 0 Å². The Balaban J connectivity index is 4.58. The summed E-state index contributed by atoms with van der Waals surface area (Å²) in [6, 6.07) is -1.41. The molecule has 0 bridgehead atoms. The van der Waals surface area contributed by atoms with Gasteiger partial charge in [-0.05, 0) is 6.42 Å². The number of rotatable bonds is 6. The normalized spacial score (nSPS) is 12.9. The van der Waals surface area contributed by atoms with Crippen LogP contribution >= 0.6 is 0 Å². The zero-order chi connectivity index (χ0) is 14.5. The van der Waals surface area contributed by atoms with Gasteiger partial charge in [-0.25, -0.2) is 18.0 Å². The molecule has 0 aromatic carbocycles. The highest BCUT2D eigenvalue weighted by molar-refractivity contribution is 7.90. The van der Waals surface area contributed by atoms with Gasteiger partial charge in [0.25, 0.3) is 0 Å². The highest BCUT2D eigenvalue weighted by Crippen LogP contribution is 2.05. The summed E-state index contributed by atoms with van der Waals surface area (Å²) < 4.78 is 22.0. The SMILES string of the molecule is CCC(C(=O)O)N(C)C(=O)N(C)CCS(C)(=O)=O. The zero-order valence-electron chi connectivity index (χ0n) is 11.1. The van der Waals surface area contributed by atoms with Crippen LogP contribution < -0.4 is 0 Å². The molecule has 1 atom stereocenters. The second kappa shape index (κ2) is 6.58. The maximum Gasteiger partial charge on any atom is 0.326 e. The number of nitrogens with zero attached hydrogens (tertiary/aromatic N) is 2. The number of hydrogen-bond acceptors (Lipinski definition) is 4. The van der Waals surface area contributed by atoms with Crippen LogP contribution in [-0.2, 0) is 14.6 Å². The van der Waals surface area contributed by atoms with Crippen LogP contribution in [0.15, 0.2) is 0 Å². The molecule has 1 unspecified atom stereocenters. The van der Waals surface area contributed by atoms with Crippen LogP contribution in [0.4, 0.5) is 4.79 Å². The van der Waals surface area contributed by atoms with E-state index in [1.54, 1.807) is 6.92 Å². The molecule has 0 fully saturated rings. The molecular weight excluding hydrogens is 260 g/mol. The highest BCUT2D eigenvalue weighted by Gasteiger charge is 2.26. The van der Waals surface area contributed by atoms with Gasteiger partial charge in [-0.1, -0.05) is 6.92 Å². The van der Waals surface area contributed by atoms with Gasteiger partial charge in [0.1, 0.15) is 15.9 Å². The quantitative estimate of drug-likeness (QED) is 0.731. The van der Waals surface area contributed by atoms with E-state index < -0.39 is 27.9 Å². The number of amides is 2. The molecule has 18 heavy (non-hydrogen) atoms. The minimum Gasteiger partial charge on any atom is -0.480 e. The Kier molecular flexibility index (Phi) is 6.10. The van der Waals surface area contributed by atoms with Crippen molar-refractivity contribution in [1.29, 1.82) is 0 Å². The van der Waals surface area contributed by atoms with Crippen molar-refractivity contribution >= 4 is 21.8 Å². The zero-order valence-corrected chi connectivity index (χ0v) is 11.9. The molecule has 0 aromatic heterocycles. The number of likely N-dealkylation sites (N-methyl/N-ethyl adjacent to an activating group) is 1. The van der Waals surface area contributed by atoms with Crippen molar-refractivity contribution in [2.24, 2.45) is 0 Å². The van der Waals surface area contributed by atoms with Gasteiger partial charge in [0.15, 0.2) is 0 Å². The molecule has 0 saturated carbocycles. The summed E-state index contributed by atoms with van der Waals surface area (Å²) in [7, 11) is -0.316. The molecule has 106 valence electrons. The summed E-state index contributed by atoms with van der Waals surface area (Å²) in [5.74, 6) is -1.22. The lowest BCUT2D eigenvalue weighted by Gasteiger charge is -2.28. The van der Waals surface area contributed by atoms with E-state index in [9.17, 15) is 18.0 Å². The first-order chi connectivity index (χ1) is 8.10. The van der Waals surface area contributed by atoms with E-state index in [0.29, 0.717) is 0 Å². The second-order valence-electron chi connectivity index (χ2n) is 4.21. The number of carboxylic acids is 1. The third-order valence-electron chi connectivity index (χ3n) is 2.57. The van der Waals surface area contributed by atoms with Crippen LogP contribution in [0.1, 0.15) is 13.3 Å². The van der Waals surface area contributed by atoms with E-state index in [1.807, 2.05) is 0 Å². The topological polar surface area (TPSA) is 95.0 Å². The van der Waals surface area contributed by atoms with Gasteiger partial charge in [0.05, 0.1) is 5.75 Å². The predicted octanol–water partition coefficient (Wildman–Crippen LogP) is -0.122. The average molecular weight is 280 g/mol. The smallest absolute Gasteiger partial charge is 0.326 e. The van der Waals surface area contributed by atoms with Crippen LogP contribution in [0.5, 0.6) is 0 Å². The van der Waals surface area contributed by atoms with Crippen molar-refractivity contribution in [3.05, 3.63) is 0 Å². The maximum atomic E-state index is 11.9. The van der Waals surface area contributed by atoms with Crippen LogP contribution in [0.2, 0.25) is 0 Å². The number of aliphatic carboxylic acids is 1. The number of carbonyl (C=O) groups excluding carboxylic acids is 1. The Morgan fingerprint density at radius 2 is 1.78 bits per heavy atom. The molecular formula is C10H20N2O5S. The Hall–Kier alpha value is -1.31. The van der Waals surface area contributed by atoms with Crippen LogP contribution in [-0.4, -0.2) is 74.0 Å². The molecule has 0 saturated heterocycles. The molecule has 0 aromatic rings. The van der Waals surface area contributed by atoms with Gasteiger partial charge < -0.3 is 14.9 Å². The van der Waals surface area contributed by atoms with Crippen molar-refractivity contribution < 1.29 is 23.1 Å². The molecule has 7 nitrogen and oxygen atoms in total. The number of urea groups is 1. The molecule has 8 heteroatoms. The lowest BCUT2D eigenvalue weighted by molar-refractivity contribution is -0.142. The Labute approximate surface area is 107 Å². The van der Waals surface area contributed by atoms with Crippen molar-refractivity contribution in [2.45, 2.75) is 19.4 Å². The van der Waals surface area contributed by atoms with E-state index in [-0.39, 0.29) is 18.7 Å². The largest absolute Gasteiger partial charge is 0.480 e. The number of hydrogen-bond donors (Lipinski definition) is 1. The first kappa shape index (κ1) is 16.7. The summed E-state index contributed by atoms with van der Waals surface area (Å²) in [6.07, 6.45) is 1.37. The number of carbonyl (C=O) groups is 2. The fourth-order valence-corrected chi connectivity index (χ4v) is 2.02. The Morgan fingerprint density at radius 1 is 1.28 bits per heavy atom. The summed E-state index contributed by atoms with van der Waals surface area (Å²) in [4.78, 5) is 25.1. The van der Waals surface area contributed by atoms with Gasteiger partial charge in [0, 0.05) is 26.9 Å². The summed E-state index contributed by atoms with van der Waals surface area (Å²) in [5, 5.41) is 8.93. The lowest BCUT2D eigenvalue weighted by Crippen LogP contribution is -2.48. The van der Waals surface area contributed by atoms with Crippen molar-refractivity contribution in [2.75, 3.05) is 32.6 Å².